The number of alkyl halides is 3. The van der Waals surface area contributed by atoms with Crippen LogP contribution >= 0.6 is 11.5 Å². The first-order valence-corrected chi connectivity index (χ1v) is 9.94. The van der Waals surface area contributed by atoms with Crippen LogP contribution in [0.5, 0.6) is 0 Å². The summed E-state index contributed by atoms with van der Waals surface area (Å²) in [5, 5.41) is 3.45. The van der Waals surface area contributed by atoms with Gasteiger partial charge in [-0.15, -0.1) is 17.5 Å². The summed E-state index contributed by atoms with van der Waals surface area (Å²) < 4.78 is 37.9. The zero-order valence-corrected chi connectivity index (χ0v) is 12.6. The minimum absolute atomic E-state index is 0.866. The molecule has 0 aromatic rings. The molecule has 0 spiro atoms. The molecule has 16 heavy (non-hydrogen) atoms. The molecule has 3 nitrogen and oxygen atoms in total. The van der Waals surface area contributed by atoms with Crippen molar-refractivity contribution in [3.05, 3.63) is 0 Å². The molecule has 0 aliphatic carbocycles. The first-order chi connectivity index (χ1) is 7.21. The Bertz CT molecular complexity index is 123. The van der Waals surface area contributed by atoms with E-state index in [1.807, 2.05) is 47.3 Å². The molecular formula is C8H21F3O3SSi. The molecule has 0 rings (SSSR count). The lowest BCUT2D eigenvalue weighted by atomic mass is 11.0. The van der Waals surface area contributed by atoms with Crippen molar-refractivity contribution in [3.63, 3.8) is 0 Å². The molecule has 0 aliphatic heterocycles. The number of rotatable bonds is 4. The molecule has 0 atom stereocenters. The van der Waals surface area contributed by atoms with Crippen molar-refractivity contribution < 1.29 is 27.4 Å². The van der Waals surface area contributed by atoms with Crippen molar-refractivity contribution in [1.82, 2.24) is 0 Å². The highest BCUT2D eigenvalue weighted by Crippen LogP contribution is 2.23. The van der Waals surface area contributed by atoms with Crippen LogP contribution in [0.25, 0.3) is 0 Å². The minimum atomic E-state index is -4.82. The van der Waals surface area contributed by atoms with Gasteiger partial charge in [-0.1, -0.05) is 52.2 Å². The third-order valence-electron chi connectivity index (χ3n) is 0.440. The Hall–Kier alpha value is 0.237. The first kappa shape index (κ1) is 21.5. The predicted molar refractivity (Wildman–Crippen MR) is 62.9 cm³/mol. The van der Waals surface area contributed by atoms with Crippen LogP contribution in [0.15, 0.2) is 0 Å². The van der Waals surface area contributed by atoms with Crippen LogP contribution in [-0.2, 0) is 14.3 Å². The average Bonchev–Trinajstić information content (AvgIpc) is 2.16. The monoisotopic (exact) mass is 282 g/mol. The van der Waals surface area contributed by atoms with Gasteiger partial charge in [0.15, 0.2) is 0 Å². The van der Waals surface area contributed by atoms with Gasteiger partial charge in [-0.05, 0) is 5.04 Å². The van der Waals surface area contributed by atoms with Gasteiger partial charge in [-0.25, -0.2) is 0 Å². The summed E-state index contributed by atoms with van der Waals surface area (Å²) in [6, 6.07) is 0. The van der Waals surface area contributed by atoms with Crippen molar-refractivity contribution in [3.8, 4) is 0 Å². The second-order valence-corrected chi connectivity index (χ2v) is 11.6. The van der Waals surface area contributed by atoms with E-state index in [1.165, 1.54) is 0 Å². The molecule has 0 amide bonds. The Labute approximate surface area is 100 Å². The topological polar surface area (TPSA) is 27.7 Å². The van der Waals surface area contributed by atoms with Crippen LogP contribution in [-0.4, -0.2) is 13.6 Å². The summed E-state index contributed by atoms with van der Waals surface area (Å²) in [6.45, 7) is 13.7. The minimum Gasteiger partial charge on any atom is -0.142 e. The molecule has 0 radical (unpaired) electrons. The highest BCUT2D eigenvalue weighted by atomic mass is 32.4. The molecule has 0 fully saturated rings. The van der Waals surface area contributed by atoms with Crippen molar-refractivity contribution >= 4 is 18.7 Å². The van der Waals surface area contributed by atoms with E-state index in [9.17, 15) is 13.2 Å². The normalized spacial score (nSPS) is 10.9. The van der Waals surface area contributed by atoms with E-state index < -0.39 is 13.6 Å². The lowest BCUT2D eigenvalue weighted by molar-refractivity contribution is -0.570. The summed E-state index contributed by atoms with van der Waals surface area (Å²) in [4.78, 5) is 2.90. The fourth-order valence-electron chi connectivity index (χ4n) is 0.168. The zero-order valence-electron chi connectivity index (χ0n) is 10.8. The molecule has 8 heteroatoms. The molecular weight excluding hydrogens is 261 g/mol. The molecule has 0 aliphatic rings. The summed E-state index contributed by atoms with van der Waals surface area (Å²) in [5.41, 5.74) is 0. The van der Waals surface area contributed by atoms with Gasteiger partial charge in [-0.2, -0.15) is 0 Å². The average molecular weight is 282 g/mol. The number of hydrogen-bond acceptors (Lipinski definition) is 4. The highest BCUT2D eigenvalue weighted by molar-refractivity contribution is 8.25. The van der Waals surface area contributed by atoms with Gasteiger partial charge in [0, 0.05) is 11.5 Å². The molecule has 0 saturated heterocycles. The van der Waals surface area contributed by atoms with Crippen LogP contribution in [0.3, 0.4) is 0 Å². The lowest BCUT2D eigenvalue weighted by Gasteiger charge is -2.12. The van der Waals surface area contributed by atoms with E-state index in [2.05, 4.69) is 14.3 Å². The molecule has 0 aromatic heterocycles. The van der Waals surface area contributed by atoms with Crippen molar-refractivity contribution in [2.45, 2.75) is 53.7 Å². The van der Waals surface area contributed by atoms with Crippen LogP contribution in [0, 0.1) is 0 Å². The van der Waals surface area contributed by atoms with E-state index in [4.69, 9.17) is 0 Å². The third-order valence-corrected chi connectivity index (χ3v) is 2.77. The van der Waals surface area contributed by atoms with Gasteiger partial charge in [-0.3, -0.25) is 0 Å². The number of hydrogen-bond donors (Lipinski definition) is 0. The quantitative estimate of drug-likeness (QED) is 0.240. The molecule has 0 bridgehead atoms. The standard InChI is InChI=1S/C4H9F3O3SSi.2C2H6/c1-12(2,3)11-10-9-8-4(5,6)7;2*1-2/h1-3H3;2*1-2H3. The smallest absolute Gasteiger partial charge is 0.142 e. The second kappa shape index (κ2) is 11.7. The van der Waals surface area contributed by atoms with E-state index in [0.717, 1.165) is 11.5 Å². The molecule has 0 aromatic carbocycles. The highest BCUT2D eigenvalue weighted by Gasteiger charge is 2.32. The number of halogens is 3. The van der Waals surface area contributed by atoms with Crippen LogP contribution < -0.4 is 0 Å². The van der Waals surface area contributed by atoms with E-state index in [-0.39, 0.29) is 0 Å². The Morgan fingerprint density at radius 2 is 1.31 bits per heavy atom. The predicted octanol–water partition coefficient (Wildman–Crippen LogP) is 4.92. The fourth-order valence-corrected chi connectivity index (χ4v) is 1.12. The van der Waals surface area contributed by atoms with Crippen molar-refractivity contribution in [2.24, 2.45) is 0 Å². The maximum atomic E-state index is 11.3. The summed E-state index contributed by atoms with van der Waals surface area (Å²) in [7, 11) is -1.63. The van der Waals surface area contributed by atoms with Gasteiger partial charge in [0.1, 0.15) is 7.22 Å². The Morgan fingerprint density at radius 3 is 1.56 bits per heavy atom. The summed E-state index contributed by atoms with van der Waals surface area (Å²) in [6.07, 6.45) is -4.82. The largest absolute Gasteiger partial charge is 0.551 e. The fraction of sp³-hybridized carbons (Fsp3) is 1.00. The lowest BCUT2D eigenvalue weighted by Crippen LogP contribution is -2.17. The van der Waals surface area contributed by atoms with Crippen molar-refractivity contribution in [1.29, 1.82) is 0 Å². The van der Waals surface area contributed by atoms with Crippen molar-refractivity contribution in [2.75, 3.05) is 0 Å². The summed E-state index contributed by atoms with van der Waals surface area (Å²) in [5.74, 6) is 0. The van der Waals surface area contributed by atoms with E-state index in [0.29, 0.717) is 0 Å². The second-order valence-electron chi connectivity index (χ2n) is 2.86. The van der Waals surface area contributed by atoms with Gasteiger partial charge in [0.25, 0.3) is 0 Å². The molecule has 102 valence electrons. The van der Waals surface area contributed by atoms with Gasteiger partial charge < -0.3 is 0 Å². The van der Waals surface area contributed by atoms with Crippen LogP contribution in [0.2, 0.25) is 19.6 Å². The molecule has 0 N–H and O–H groups in total. The van der Waals surface area contributed by atoms with E-state index in [1.54, 1.807) is 0 Å². The van der Waals surface area contributed by atoms with Gasteiger partial charge >= 0.3 is 6.36 Å². The summed E-state index contributed by atoms with van der Waals surface area (Å²) >= 11 is 0.866. The SMILES string of the molecule is CC.CC.C[Si](C)(C)SOOOC(F)(F)F. The molecule has 0 unspecified atom stereocenters. The Morgan fingerprint density at radius 1 is 0.938 bits per heavy atom. The Balaban J connectivity index is -0.000000376. The maximum Gasteiger partial charge on any atom is 0.551 e. The maximum absolute atomic E-state index is 11.3. The Kier molecular flexibility index (Phi) is 15.8. The third kappa shape index (κ3) is 29.2. The molecule has 0 saturated carbocycles. The van der Waals surface area contributed by atoms with Gasteiger partial charge in [0.05, 0.1) is 0 Å². The van der Waals surface area contributed by atoms with Crippen LogP contribution in [0.1, 0.15) is 27.7 Å². The van der Waals surface area contributed by atoms with Gasteiger partial charge in [0.2, 0.25) is 0 Å². The van der Waals surface area contributed by atoms with Crippen LogP contribution in [0.4, 0.5) is 13.2 Å². The first-order valence-electron chi connectivity index (χ1n) is 4.98. The molecule has 0 heterocycles. The van der Waals surface area contributed by atoms with E-state index >= 15 is 0 Å². The zero-order chi connectivity index (χ0) is 13.8.